The second-order valence-electron chi connectivity index (χ2n) is 4.79. The van der Waals surface area contributed by atoms with Gasteiger partial charge in [-0.25, -0.2) is 4.18 Å². The molecule has 19 heavy (non-hydrogen) atoms. The molecule has 1 N–H and O–H groups in total. The second kappa shape index (κ2) is 15.0. The molecule has 6 heteroatoms. The first-order valence-electron chi connectivity index (χ1n) is 7.18. The van der Waals surface area contributed by atoms with Crippen LogP contribution in [0.5, 0.6) is 0 Å². The molecule has 0 radical (unpaired) electrons. The first-order chi connectivity index (χ1) is 8.56. The van der Waals surface area contributed by atoms with Crippen LogP contribution in [0.4, 0.5) is 0 Å². The van der Waals surface area contributed by atoms with E-state index >= 15 is 0 Å². The van der Waals surface area contributed by atoms with E-state index in [2.05, 4.69) is 11.1 Å². The molecule has 0 aliphatic rings. The summed E-state index contributed by atoms with van der Waals surface area (Å²) < 4.78 is 33.1. The predicted molar refractivity (Wildman–Crippen MR) is 82.5 cm³/mol. The van der Waals surface area contributed by atoms with Crippen LogP contribution in [0.1, 0.15) is 77.6 Å². The minimum absolute atomic E-state index is 0. The van der Waals surface area contributed by atoms with E-state index in [-0.39, 0.29) is 29.7 Å². The van der Waals surface area contributed by atoms with E-state index in [1.54, 1.807) is 0 Å². The van der Waals surface area contributed by atoms with Crippen molar-refractivity contribution in [2.45, 2.75) is 77.6 Å². The normalized spacial score (nSPS) is 11.3. The average Bonchev–Trinajstić information content (AvgIpc) is 2.29. The molecule has 0 aliphatic carbocycles. The van der Waals surface area contributed by atoms with Crippen molar-refractivity contribution in [1.29, 1.82) is 0 Å². The highest BCUT2D eigenvalue weighted by atomic mass is 32.3. The monoisotopic (exact) mass is 306 g/mol. The van der Waals surface area contributed by atoms with Crippen molar-refractivity contribution in [2.24, 2.45) is 0 Å². The van der Waals surface area contributed by atoms with Gasteiger partial charge in [-0.05, 0) is 6.42 Å². The predicted octanol–water partition coefficient (Wildman–Crippen LogP) is 3.20. The molecule has 0 aromatic heterocycles. The van der Waals surface area contributed by atoms with E-state index < -0.39 is 10.4 Å². The van der Waals surface area contributed by atoms with Crippen LogP contribution in [0.2, 0.25) is 0 Å². The Labute approximate surface area is 134 Å². The van der Waals surface area contributed by atoms with Gasteiger partial charge in [0, 0.05) is 0 Å². The SMILES string of the molecule is CCCCCCCCCCCCCOS(=O)(=O)O.[MgH2]. The molecule has 0 unspecified atom stereocenters. The summed E-state index contributed by atoms with van der Waals surface area (Å²) in [5.41, 5.74) is 0. The number of rotatable bonds is 13. The van der Waals surface area contributed by atoms with E-state index in [0.29, 0.717) is 6.42 Å². The van der Waals surface area contributed by atoms with Crippen molar-refractivity contribution in [2.75, 3.05) is 6.61 Å². The van der Waals surface area contributed by atoms with Crippen LogP contribution in [-0.2, 0) is 14.6 Å². The van der Waals surface area contributed by atoms with Crippen molar-refractivity contribution in [3.63, 3.8) is 0 Å². The summed E-state index contributed by atoms with van der Waals surface area (Å²) in [5, 5.41) is 0. The fourth-order valence-corrected chi connectivity index (χ4v) is 2.26. The number of unbranched alkanes of at least 4 members (excludes halogenated alkanes) is 10. The first-order valence-corrected chi connectivity index (χ1v) is 8.54. The number of hydrogen-bond donors (Lipinski definition) is 1. The molecule has 0 spiro atoms. The quantitative estimate of drug-likeness (QED) is 0.322. The zero-order valence-electron chi connectivity index (χ0n) is 11.6. The van der Waals surface area contributed by atoms with Gasteiger partial charge in [0.1, 0.15) is 0 Å². The van der Waals surface area contributed by atoms with E-state index in [1.165, 1.54) is 51.4 Å². The Bertz CT molecular complexity index is 268. The Morgan fingerprint density at radius 3 is 1.53 bits per heavy atom. The fourth-order valence-electron chi connectivity index (χ4n) is 1.93. The van der Waals surface area contributed by atoms with Crippen LogP contribution in [-0.4, -0.2) is 42.6 Å². The fraction of sp³-hybridized carbons (Fsp3) is 1.00. The van der Waals surface area contributed by atoms with Crippen LogP contribution in [0, 0.1) is 0 Å². The summed E-state index contributed by atoms with van der Waals surface area (Å²) in [6.07, 6.45) is 13.3. The van der Waals surface area contributed by atoms with Crippen LogP contribution in [0.3, 0.4) is 0 Å². The van der Waals surface area contributed by atoms with Crippen molar-refractivity contribution >= 4 is 33.5 Å². The van der Waals surface area contributed by atoms with Gasteiger partial charge in [0.2, 0.25) is 0 Å². The van der Waals surface area contributed by atoms with Gasteiger partial charge in [-0.1, -0.05) is 71.1 Å². The van der Waals surface area contributed by atoms with E-state index in [0.717, 1.165) is 12.8 Å². The molecular formula is C13H30MgO4S. The van der Waals surface area contributed by atoms with Crippen LogP contribution in [0.25, 0.3) is 0 Å². The first kappa shape index (κ1) is 21.9. The maximum absolute atomic E-state index is 10.2. The molecule has 0 aliphatic heterocycles. The van der Waals surface area contributed by atoms with Crippen LogP contribution < -0.4 is 0 Å². The summed E-state index contributed by atoms with van der Waals surface area (Å²) in [7, 11) is -4.24. The Morgan fingerprint density at radius 2 is 1.16 bits per heavy atom. The molecule has 0 saturated heterocycles. The standard InChI is InChI=1S/C13H28O4S.Mg.2H/c1-2-3-4-5-6-7-8-9-10-11-12-13-17-18(14,15)16;;;/h2-13H2,1H3,(H,14,15,16);;;. The molecule has 0 heterocycles. The molecule has 0 saturated carbocycles. The molecule has 0 amide bonds. The van der Waals surface area contributed by atoms with Gasteiger partial charge >= 0.3 is 33.5 Å². The van der Waals surface area contributed by atoms with Gasteiger partial charge in [0.15, 0.2) is 0 Å². The Balaban J connectivity index is 0. The Kier molecular flexibility index (Phi) is 17.3. The van der Waals surface area contributed by atoms with Gasteiger partial charge in [-0.15, -0.1) is 0 Å². The Morgan fingerprint density at radius 1 is 0.789 bits per heavy atom. The van der Waals surface area contributed by atoms with Crippen molar-refractivity contribution in [3.8, 4) is 0 Å². The Hall–Kier alpha value is 0.636. The van der Waals surface area contributed by atoms with E-state index in [4.69, 9.17) is 4.55 Å². The highest BCUT2D eigenvalue weighted by Crippen LogP contribution is 2.11. The summed E-state index contributed by atoms with van der Waals surface area (Å²) in [5.74, 6) is 0. The minimum Gasteiger partial charge on any atom is -0.264 e. The molecule has 0 bridgehead atoms. The third kappa shape index (κ3) is 21.1. The van der Waals surface area contributed by atoms with Crippen molar-refractivity contribution < 1.29 is 17.2 Å². The smallest absolute Gasteiger partial charge is 0.264 e. The maximum Gasteiger partial charge on any atom is 0.397 e. The van der Waals surface area contributed by atoms with Crippen LogP contribution >= 0.6 is 0 Å². The third-order valence-corrected chi connectivity index (χ3v) is 3.44. The lowest BCUT2D eigenvalue weighted by atomic mass is 10.1. The second-order valence-corrected chi connectivity index (χ2v) is 5.88. The van der Waals surface area contributed by atoms with Crippen molar-refractivity contribution in [3.05, 3.63) is 0 Å². The topological polar surface area (TPSA) is 63.6 Å². The van der Waals surface area contributed by atoms with Gasteiger partial charge < -0.3 is 0 Å². The van der Waals surface area contributed by atoms with Gasteiger partial charge in [0.05, 0.1) is 6.61 Å². The lowest BCUT2D eigenvalue weighted by Gasteiger charge is -2.02. The molecule has 0 rings (SSSR count). The maximum atomic E-state index is 10.2. The third-order valence-electron chi connectivity index (χ3n) is 2.98. The summed E-state index contributed by atoms with van der Waals surface area (Å²) in [6.45, 7) is 2.32. The van der Waals surface area contributed by atoms with Gasteiger partial charge in [-0.2, -0.15) is 8.42 Å². The molecule has 114 valence electrons. The molecule has 0 aromatic rings. The van der Waals surface area contributed by atoms with Crippen LogP contribution in [0.15, 0.2) is 0 Å². The highest BCUT2D eigenvalue weighted by molar-refractivity contribution is 7.80. The van der Waals surface area contributed by atoms with E-state index in [1.807, 2.05) is 0 Å². The molecule has 0 atom stereocenters. The summed E-state index contributed by atoms with van der Waals surface area (Å²) in [6, 6.07) is 0. The lowest BCUT2D eigenvalue weighted by molar-refractivity contribution is 0.261. The zero-order valence-corrected chi connectivity index (χ0v) is 12.4. The average molecular weight is 307 g/mol. The number of hydrogen-bond acceptors (Lipinski definition) is 3. The van der Waals surface area contributed by atoms with Crippen molar-refractivity contribution in [1.82, 2.24) is 0 Å². The zero-order chi connectivity index (χ0) is 13.7. The molecule has 0 fully saturated rings. The lowest BCUT2D eigenvalue weighted by Crippen LogP contribution is -2.04. The highest BCUT2D eigenvalue weighted by Gasteiger charge is 2.02. The molecule has 4 nitrogen and oxygen atoms in total. The summed E-state index contributed by atoms with van der Waals surface area (Å²) in [4.78, 5) is 0. The van der Waals surface area contributed by atoms with Gasteiger partial charge in [0.25, 0.3) is 0 Å². The largest absolute Gasteiger partial charge is 0.397 e. The summed E-state index contributed by atoms with van der Waals surface area (Å²) >= 11 is 0. The minimum atomic E-state index is -4.24. The molecular weight excluding hydrogens is 277 g/mol. The molecule has 0 aromatic carbocycles. The van der Waals surface area contributed by atoms with Gasteiger partial charge in [-0.3, -0.25) is 4.55 Å². The van der Waals surface area contributed by atoms with E-state index in [9.17, 15) is 8.42 Å².